The third kappa shape index (κ3) is 5.19. The molecule has 37 heavy (non-hydrogen) atoms. The summed E-state index contributed by atoms with van der Waals surface area (Å²) in [4.78, 5) is 33.2. The topological polar surface area (TPSA) is 112 Å². The Labute approximate surface area is 215 Å². The normalized spacial score (nSPS) is 16.5. The van der Waals surface area contributed by atoms with Gasteiger partial charge in [0, 0.05) is 42.6 Å². The van der Waals surface area contributed by atoms with E-state index in [1.165, 1.54) is 22.6 Å². The number of hydrogen-bond acceptors (Lipinski definition) is 5. The van der Waals surface area contributed by atoms with Crippen molar-refractivity contribution >= 4 is 26.8 Å². The van der Waals surface area contributed by atoms with E-state index < -0.39 is 21.4 Å². The van der Waals surface area contributed by atoms with E-state index >= 15 is 0 Å². The number of H-pyrrole nitrogens is 1. The number of pyridine rings is 2. The summed E-state index contributed by atoms with van der Waals surface area (Å²) in [7, 11) is -3.89. The summed E-state index contributed by atoms with van der Waals surface area (Å²) in [5.74, 6) is -0.500. The van der Waals surface area contributed by atoms with Crippen LogP contribution in [0, 0.1) is 0 Å². The summed E-state index contributed by atoms with van der Waals surface area (Å²) >= 11 is 0. The van der Waals surface area contributed by atoms with Crippen LogP contribution in [0.4, 0.5) is 0 Å². The summed E-state index contributed by atoms with van der Waals surface area (Å²) in [6, 6.07) is 17.6. The molecule has 4 aromatic rings. The summed E-state index contributed by atoms with van der Waals surface area (Å²) in [6.45, 7) is 0.763. The maximum absolute atomic E-state index is 13.7. The summed E-state index contributed by atoms with van der Waals surface area (Å²) < 4.78 is 29.0. The van der Waals surface area contributed by atoms with Crippen molar-refractivity contribution in [2.24, 2.45) is 0 Å². The third-order valence-electron chi connectivity index (χ3n) is 6.77. The van der Waals surface area contributed by atoms with Crippen LogP contribution < -0.4 is 10.7 Å². The first kappa shape index (κ1) is 24.9. The first-order valence-electron chi connectivity index (χ1n) is 12.3. The van der Waals surface area contributed by atoms with E-state index in [2.05, 4.69) is 15.3 Å². The Morgan fingerprint density at radius 3 is 2.70 bits per heavy atom. The SMILES string of the molecule is O=C(NCCc1ccccc1)c1c[nH]c2ccc(S(=O)(=O)N3CCCCC3c3cccnc3)cc2c1=O. The lowest BCUT2D eigenvalue weighted by atomic mass is 9.99. The molecule has 1 amide bonds. The molecule has 0 saturated carbocycles. The maximum atomic E-state index is 13.7. The first-order chi connectivity index (χ1) is 17.9. The van der Waals surface area contributed by atoms with Crippen LogP contribution in [0.5, 0.6) is 0 Å². The molecule has 0 radical (unpaired) electrons. The van der Waals surface area contributed by atoms with Gasteiger partial charge in [0.2, 0.25) is 15.5 Å². The fourth-order valence-corrected chi connectivity index (χ4v) is 6.53. The number of sulfonamides is 1. The number of aromatic nitrogens is 2. The highest BCUT2D eigenvalue weighted by Gasteiger charge is 2.34. The number of nitrogens with one attached hydrogen (secondary N) is 2. The van der Waals surface area contributed by atoms with Crippen molar-refractivity contribution in [1.82, 2.24) is 19.6 Å². The predicted octanol–water partition coefficient (Wildman–Crippen LogP) is 3.81. The average Bonchev–Trinajstić information content (AvgIpc) is 2.94. The molecule has 190 valence electrons. The molecule has 5 rings (SSSR count). The fourth-order valence-electron chi connectivity index (χ4n) is 4.82. The Morgan fingerprint density at radius 2 is 1.92 bits per heavy atom. The van der Waals surface area contributed by atoms with Crippen LogP contribution in [0.3, 0.4) is 0 Å². The Balaban J connectivity index is 1.42. The van der Waals surface area contributed by atoms with Crippen molar-refractivity contribution in [2.75, 3.05) is 13.1 Å². The average molecular weight is 517 g/mol. The van der Waals surface area contributed by atoms with Crippen molar-refractivity contribution in [1.29, 1.82) is 0 Å². The molecule has 1 atom stereocenters. The van der Waals surface area contributed by atoms with Crippen LogP contribution in [0.1, 0.15) is 46.8 Å². The van der Waals surface area contributed by atoms with Crippen molar-refractivity contribution in [2.45, 2.75) is 36.6 Å². The standard InChI is InChI=1S/C28H28N4O4S/c33-27-23-17-22(37(35,36)32-16-5-4-10-26(32)21-9-6-14-29-18-21)11-12-25(23)31-19-24(27)28(34)30-15-13-20-7-2-1-3-8-20/h1-3,6-9,11-12,14,17-19,26H,4-5,10,13,15-16H2,(H,30,34)(H,31,33). The lowest BCUT2D eigenvalue weighted by molar-refractivity contribution is 0.0953. The van der Waals surface area contributed by atoms with Gasteiger partial charge in [-0.2, -0.15) is 4.31 Å². The quantitative estimate of drug-likeness (QED) is 0.388. The van der Waals surface area contributed by atoms with E-state index in [1.807, 2.05) is 36.4 Å². The molecule has 2 aromatic heterocycles. The van der Waals surface area contributed by atoms with Gasteiger partial charge in [-0.05, 0) is 54.7 Å². The van der Waals surface area contributed by atoms with E-state index in [1.54, 1.807) is 24.5 Å². The van der Waals surface area contributed by atoms with E-state index in [4.69, 9.17) is 0 Å². The van der Waals surface area contributed by atoms with Crippen LogP contribution in [0.25, 0.3) is 10.9 Å². The molecule has 0 bridgehead atoms. The molecule has 0 aliphatic carbocycles. The zero-order valence-electron chi connectivity index (χ0n) is 20.3. The highest BCUT2D eigenvalue weighted by atomic mass is 32.2. The van der Waals surface area contributed by atoms with Crippen molar-refractivity contribution in [3.8, 4) is 0 Å². The zero-order chi connectivity index (χ0) is 25.8. The van der Waals surface area contributed by atoms with Crippen LogP contribution in [-0.4, -0.2) is 41.7 Å². The van der Waals surface area contributed by atoms with Gasteiger partial charge in [-0.25, -0.2) is 8.42 Å². The van der Waals surface area contributed by atoms with Crippen LogP contribution in [0.15, 0.2) is 88.9 Å². The second-order valence-electron chi connectivity index (χ2n) is 9.14. The number of hydrogen-bond donors (Lipinski definition) is 2. The second-order valence-corrected chi connectivity index (χ2v) is 11.0. The molecule has 2 N–H and O–H groups in total. The number of carbonyl (C=O) groups excluding carboxylic acids is 1. The van der Waals surface area contributed by atoms with E-state index in [9.17, 15) is 18.0 Å². The zero-order valence-corrected chi connectivity index (χ0v) is 21.1. The lowest BCUT2D eigenvalue weighted by Crippen LogP contribution is -2.38. The van der Waals surface area contributed by atoms with E-state index in [0.717, 1.165) is 24.0 Å². The fraction of sp³-hybridized carbons (Fsp3) is 0.250. The molecule has 2 aromatic carbocycles. The van der Waals surface area contributed by atoms with Crippen molar-refractivity contribution in [3.05, 3.63) is 106 Å². The molecule has 8 nitrogen and oxygen atoms in total. The number of piperidine rings is 1. The molecule has 1 aliphatic rings. The third-order valence-corrected chi connectivity index (χ3v) is 8.67. The van der Waals surface area contributed by atoms with E-state index in [-0.39, 0.29) is 21.9 Å². The molecule has 1 fully saturated rings. The Hall–Kier alpha value is -3.82. The number of carbonyl (C=O) groups is 1. The Kier molecular flexibility index (Phi) is 7.16. The molecular formula is C28H28N4O4S. The van der Waals surface area contributed by atoms with Gasteiger partial charge in [0.1, 0.15) is 5.56 Å². The van der Waals surface area contributed by atoms with Crippen LogP contribution >= 0.6 is 0 Å². The monoisotopic (exact) mass is 516 g/mol. The minimum absolute atomic E-state index is 0.0305. The number of benzene rings is 2. The highest BCUT2D eigenvalue weighted by Crippen LogP contribution is 2.35. The van der Waals surface area contributed by atoms with Crippen molar-refractivity contribution in [3.63, 3.8) is 0 Å². The minimum Gasteiger partial charge on any atom is -0.360 e. The van der Waals surface area contributed by atoms with Gasteiger partial charge in [-0.1, -0.05) is 42.8 Å². The number of amides is 1. The summed E-state index contributed by atoms with van der Waals surface area (Å²) in [5, 5.41) is 2.94. The van der Waals surface area contributed by atoms with Crippen molar-refractivity contribution < 1.29 is 13.2 Å². The number of aromatic amines is 1. The smallest absolute Gasteiger partial charge is 0.256 e. The van der Waals surface area contributed by atoms with Gasteiger partial charge < -0.3 is 10.3 Å². The maximum Gasteiger partial charge on any atom is 0.256 e. The van der Waals surface area contributed by atoms with Gasteiger partial charge in [0.25, 0.3) is 5.91 Å². The predicted molar refractivity (Wildman–Crippen MR) is 142 cm³/mol. The molecule has 3 heterocycles. The molecular weight excluding hydrogens is 488 g/mol. The minimum atomic E-state index is -3.89. The van der Waals surface area contributed by atoms with Gasteiger partial charge in [-0.3, -0.25) is 14.6 Å². The first-order valence-corrected chi connectivity index (χ1v) is 13.8. The number of fused-ring (bicyclic) bond motifs is 1. The largest absolute Gasteiger partial charge is 0.360 e. The summed E-state index contributed by atoms with van der Waals surface area (Å²) in [5.41, 5.74) is 1.82. The highest BCUT2D eigenvalue weighted by molar-refractivity contribution is 7.89. The lowest BCUT2D eigenvalue weighted by Gasteiger charge is -2.34. The second kappa shape index (κ2) is 10.7. The molecule has 0 spiro atoms. The summed E-state index contributed by atoms with van der Waals surface area (Å²) in [6.07, 6.45) is 7.76. The Morgan fingerprint density at radius 1 is 1.08 bits per heavy atom. The number of rotatable bonds is 7. The number of nitrogens with zero attached hydrogens (tertiary/aromatic N) is 2. The van der Waals surface area contributed by atoms with Gasteiger partial charge in [0.05, 0.1) is 10.9 Å². The molecule has 9 heteroatoms. The Bertz CT molecular complexity index is 1570. The van der Waals surface area contributed by atoms with Gasteiger partial charge in [0.15, 0.2) is 0 Å². The molecule has 1 unspecified atom stereocenters. The van der Waals surface area contributed by atoms with E-state index in [0.29, 0.717) is 31.4 Å². The molecule has 1 aliphatic heterocycles. The van der Waals surface area contributed by atoms with Gasteiger partial charge >= 0.3 is 0 Å². The molecule has 1 saturated heterocycles. The van der Waals surface area contributed by atoms with Crippen LogP contribution in [0.2, 0.25) is 0 Å². The van der Waals surface area contributed by atoms with Gasteiger partial charge in [-0.15, -0.1) is 0 Å². The van der Waals surface area contributed by atoms with Crippen LogP contribution in [-0.2, 0) is 16.4 Å².